The second-order valence-corrected chi connectivity index (χ2v) is 5.69. The lowest BCUT2D eigenvalue weighted by Crippen LogP contribution is -2.00. The molecule has 0 bridgehead atoms. The molecule has 0 aromatic heterocycles. The summed E-state index contributed by atoms with van der Waals surface area (Å²) in [5.41, 5.74) is 4.87. The minimum absolute atomic E-state index is 0.552. The van der Waals surface area contributed by atoms with Crippen LogP contribution in [0.4, 0.5) is 0 Å². The highest BCUT2D eigenvalue weighted by molar-refractivity contribution is 9.08. The molecular formula is C18H21BrO2. The van der Waals surface area contributed by atoms with Gasteiger partial charge < -0.3 is 9.47 Å². The summed E-state index contributed by atoms with van der Waals surface area (Å²) in [4.78, 5) is 0. The van der Waals surface area contributed by atoms with Crippen LogP contribution in [0.15, 0.2) is 36.4 Å². The summed E-state index contributed by atoms with van der Waals surface area (Å²) in [7, 11) is 0. The molecule has 2 aromatic rings. The SMILES string of the molecule is CCOc1cc(CBr)ccc1OCc1cc(C)cc(C)c1. The van der Waals surface area contributed by atoms with Crippen molar-refractivity contribution in [1.29, 1.82) is 0 Å². The normalized spacial score (nSPS) is 10.5. The molecule has 0 atom stereocenters. The molecule has 0 saturated carbocycles. The standard InChI is InChI=1S/C18H21BrO2/c1-4-20-18-10-15(11-19)5-6-17(18)21-12-16-8-13(2)7-14(3)9-16/h5-10H,4,11-12H2,1-3H3. The number of alkyl halides is 1. The molecule has 0 unspecified atom stereocenters. The summed E-state index contributed by atoms with van der Waals surface area (Å²) < 4.78 is 11.6. The highest BCUT2D eigenvalue weighted by Crippen LogP contribution is 2.30. The van der Waals surface area contributed by atoms with E-state index in [4.69, 9.17) is 9.47 Å². The van der Waals surface area contributed by atoms with E-state index in [2.05, 4.69) is 48.0 Å². The Labute approximate surface area is 135 Å². The van der Waals surface area contributed by atoms with Crippen LogP contribution in [0.1, 0.15) is 29.2 Å². The Balaban J connectivity index is 2.15. The maximum absolute atomic E-state index is 5.94. The van der Waals surface area contributed by atoms with E-state index in [0.717, 1.165) is 16.8 Å². The second-order valence-electron chi connectivity index (χ2n) is 5.13. The molecule has 0 aliphatic heterocycles. The van der Waals surface area contributed by atoms with Gasteiger partial charge in [-0.2, -0.15) is 0 Å². The Morgan fingerprint density at radius 1 is 0.857 bits per heavy atom. The maximum atomic E-state index is 5.94. The Morgan fingerprint density at radius 2 is 1.57 bits per heavy atom. The second kappa shape index (κ2) is 7.51. The molecule has 0 saturated heterocycles. The van der Waals surface area contributed by atoms with E-state index in [1.807, 2.05) is 25.1 Å². The first-order valence-electron chi connectivity index (χ1n) is 7.14. The van der Waals surface area contributed by atoms with Crippen LogP contribution in [0.5, 0.6) is 11.5 Å². The summed E-state index contributed by atoms with van der Waals surface area (Å²) in [6.07, 6.45) is 0. The largest absolute Gasteiger partial charge is 0.490 e. The number of rotatable bonds is 6. The van der Waals surface area contributed by atoms with E-state index in [1.54, 1.807) is 0 Å². The highest BCUT2D eigenvalue weighted by Gasteiger charge is 2.07. The summed E-state index contributed by atoms with van der Waals surface area (Å²) in [5.74, 6) is 1.60. The van der Waals surface area contributed by atoms with E-state index in [0.29, 0.717) is 13.2 Å². The van der Waals surface area contributed by atoms with Gasteiger partial charge in [-0.3, -0.25) is 0 Å². The number of ether oxygens (including phenoxy) is 2. The molecule has 2 nitrogen and oxygen atoms in total. The minimum atomic E-state index is 0.552. The number of aryl methyl sites for hydroxylation is 2. The Hall–Kier alpha value is -1.48. The van der Waals surface area contributed by atoms with E-state index in [-0.39, 0.29) is 0 Å². The highest BCUT2D eigenvalue weighted by atomic mass is 79.9. The van der Waals surface area contributed by atoms with E-state index in [9.17, 15) is 0 Å². The lowest BCUT2D eigenvalue weighted by atomic mass is 10.1. The quantitative estimate of drug-likeness (QED) is 0.670. The van der Waals surface area contributed by atoms with Gasteiger partial charge in [0.1, 0.15) is 6.61 Å². The fourth-order valence-corrected chi connectivity index (χ4v) is 2.69. The summed E-state index contributed by atoms with van der Waals surface area (Å²) >= 11 is 3.46. The van der Waals surface area contributed by atoms with Crippen LogP contribution in [-0.4, -0.2) is 6.61 Å². The zero-order valence-electron chi connectivity index (χ0n) is 12.8. The van der Waals surface area contributed by atoms with E-state index >= 15 is 0 Å². The van der Waals surface area contributed by atoms with Crippen molar-refractivity contribution in [3.63, 3.8) is 0 Å². The van der Waals surface area contributed by atoms with Gasteiger partial charge in [-0.05, 0) is 44.0 Å². The van der Waals surface area contributed by atoms with Gasteiger partial charge >= 0.3 is 0 Å². The van der Waals surface area contributed by atoms with Crippen LogP contribution < -0.4 is 9.47 Å². The monoisotopic (exact) mass is 348 g/mol. The van der Waals surface area contributed by atoms with Gasteiger partial charge in [0.2, 0.25) is 0 Å². The van der Waals surface area contributed by atoms with Gasteiger partial charge in [0, 0.05) is 5.33 Å². The Kier molecular flexibility index (Phi) is 5.68. The average Bonchev–Trinajstić information content (AvgIpc) is 2.45. The minimum Gasteiger partial charge on any atom is -0.490 e. The first-order valence-corrected chi connectivity index (χ1v) is 8.26. The lowest BCUT2D eigenvalue weighted by molar-refractivity contribution is 0.269. The number of hydrogen-bond acceptors (Lipinski definition) is 2. The maximum Gasteiger partial charge on any atom is 0.161 e. The molecule has 0 aliphatic carbocycles. The zero-order chi connectivity index (χ0) is 15.2. The van der Waals surface area contributed by atoms with Gasteiger partial charge in [-0.15, -0.1) is 0 Å². The lowest BCUT2D eigenvalue weighted by Gasteiger charge is -2.13. The van der Waals surface area contributed by atoms with Crippen molar-refractivity contribution < 1.29 is 9.47 Å². The molecule has 2 aromatic carbocycles. The molecule has 112 valence electrons. The van der Waals surface area contributed by atoms with E-state index < -0.39 is 0 Å². The number of halogens is 1. The molecule has 21 heavy (non-hydrogen) atoms. The van der Waals surface area contributed by atoms with Gasteiger partial charge in [-0.25, -0.2) is 0 Å². The smallest absolute Gasteiger partial charge is 0.161 e. The van der Waals surface area contributed by atoms with Crippen molar-refractivity contribution in [3.05, 3.63) is 58.7 Å². The van der Waals surface area contributed by atoms with Gasteiger partial charge in [0.15, 0.2) is 11.5 Å². The topological polar surface area (TPSA) is 18.5 Å². The zero-order valence-corrected chi connectivity index (χ0v) is 14.4. The molecule has 2 rings (SSSR count). The van der Waals surface area contributed by atoms with Gasteiger partial charge in [0.05, 0.1) is 6.61 Å². The molecule has 0 heterocycles. The van der Waals surface area contributed by atoms with Crippen LogP contribution in [0.3, 0.4) is 0 Å². The van der Waals surface area contributed by atoms with Crippen LogP contribution in [0, 0.1) is 13.8 Å². The van der Waals surface area contributed by atoms with Crippen molar-refractivity contribution in [2.75, 3.05) is 6.61 Å². The third-order valence-corrected chi connectivity index (χ3v) is 3.79. The first-order chi connectivity index (χ1) is 10.1. The molecular weight excluding hydrogens is 328 g/mol. The van der Waals surface area contributed by atoms with Crippen molar-refractivity contribution in [2.24, 2.45) is 0 Å². The van der Waals surface area contributed by atoms with Gasteiger partial charge in [-0.1, -0.05) is 51.3 Å². The van der Waals surface area contributed by atoms with Crippen molar-refractivity contribution in [2.45, 2.75) is 32.7 Å². The van der Waals surface area contributed by atoms with Gasteiger partial charge in [0.25, 0.3) is 0 Å². The molecule has 3 heteroatoms. The van der Waals surface area contributed by atoms with E-state index in [1.165, 1.54) is 22.3 Å². The van der Waals surface area contributed by atoms with Crippen LogP contribution in [0.2, 0.25) is 0 Å². The molecule has 0 aliphatic rings. The molecule has 0 radical (unpaired) electrons. The fourth-order valence-electron chi connectivity index (χ4n) is 2.34. The van der Waals surface area contributed by atoms with Crippen LogP contribution >= 0.6 is 15.9 Å². The van der Waals surface area contributed by atoms with Crippen molar-refractivity contribution in [1.82, 2.24) is 0 Å². The third kappa shape index (κ3) is 4.50. The Bertz CT molecular complexity index is 588. The average molecular weight is 349 g/mol. The Morgan fingerprint density at radius 3 is 2.19 bits per heavy atom. The molecule has 0 N–H and O–H groups in total. The molecule has 0 fully saturated rings. The van der Waals surface area contributed by atoms with Crippen molar-refractivity contribution in [3.8, 4) is 11.5 Å². The third-order valence-electron chi connectivity index (χ3n) is 3.14. The summed E-state index contributed by atoms with van der Waals surface area (Å²) in [6, 6.07) is 12.5. The van der Waals surface area contributed by atoms with Crippen LogP contribution in [-0.2, 0) is 11.9 Å². The first kappa shape index (κ1) is 15.9. The summed E-state index contributed by atoms with van der Waals surface area (Å²) in [6.45, 7) is 7.37. The fraction of sp³-hybridized carbons (Fsp3) is 0.333. The predicted octanol–water partition coefficient (Wildman–Crippen LogP) is 5.18. The number of benzene rings is 2. The van der Waals surface area contributed by atoms with Crippen LogP contribution in [0.25, 0.3) is 0 Å². The molecule has 0 amide bonds. The predicted molar refractivity (Wildman–Crippen MR) is 90.5 cm³/mol. The van der Waals surface area contributed by atoms with Crippen molar-refractivity contribution >= 4 is 15.9 Å². The summed E-state index contributed by atoms with van der Waals surface area (Å²) in [5, 5.41) is 0.810. The molecule has 0 spiro atoms. The number of hydrogen-bond donors (Lipinski definition) is 0.